The largest absolute Gasteiger partial charge is 0.490 e. The molecule has 1 atom stereocenters. The number of amides is 1. The number of pyridine rings is 1. The van der Waals surface area contributed by atoms with Crippen LogP contribution < -0.4 is 27.2 Å². The predicted molar refractivity (Wildman–Crippen MR) is 125 cm³/mol. The highest BCUT2D eigenvalue weighted by Gasteiger charge is 2.38. The highest BCUT2D eigenvalue weighted by molar-refractivity contribution is 7.92. The number of sulfonamides is 1. The number of aromatic nitrogens is 1. The Morgan fingerprint density at radius 1 is 1.24 bits per heavy atom. The zero-order valence-electron chi connectivity index (χ0n) is 19.2. The van der Waals surface area contributed by atoms with Crippen LogP contribution in [0.2, 0.25) is 5.02 Å². The molecule has 0 saturated carbocycles. The fourth-order valence-corrected chi connectivity index (χ4v) is 3.98. The van der Waals surface area contributed by atoms with Crippen LogP contribution in [0.3, 0.4) is 0 Å². The van der Waals surface area contributed by atoms with E-state index < -0.39 is 56.5 Å². The standard InChI is InChI=1S/C17H20ClFN6O5S.C2HF3O2/c1-9-2-5-13(24-31(28,29)10-3-4-12(19)11(18)8-10)16(27)25(9)14(15(20)26)6-7-30-23-17(21)22;3-2(4,5)1(6)7/h2-5,8,14,24H,6-7H2,1H3,(H2,20,26)(H4,21,22,23);(H,6,7). The maximum atomic E-state index is 13.3. The van der Waals surface area contributed by atoms with Crippen molar-refractivity contribution in [3.63, 3.8) is 0 Å². The number of aliphatic carboxylic acids is 1. The number of hydroxylamine groups is 1. The molecule has 0 aliphatic carbocycles. The van der Waals surface area contributed by atoms with Crippen molar-refractivity contribution in [1.82, 2.24) is 10.0 Å². The first-order valence-corrected chi connectivity index (χ1v) is 11.8. The lowest BCUT2D eigenvalue weighted by Crippen LogP contribution is -2.38. The Morgan fingerprint density at radius 2 is 1.82 bits per heavy atom. The number of primary amides is 1. The number of hydrogen-bond donors (Lipinski definition) is 6. The first-order valence-electron chi connectivity index (χ1n) is 9.89. The quantitative estimate of drug-likeness (QED) is 0.0813. The summed E-state index contributed by atoms with van der Waals surface area (Å²) in [5.74, 6) is -4.88. The monoisotopic (exact) mass is 588 g/mol. The van der Waals surface area contributed by atoms with Crippen molar-refractivity contribution in [1.29, 1.82) is 5.41 Å². The summed E-state index contributed by atoms with van der Waals surface area (Å²) in [5, 5.41) is 13.7. The molecule has 0 aliphatic rings. The van der Waals surface area contributed by atoms with Crippen molar-refractivity contribution >= 4 is 45.1 Å². The van der Waals surface area contributed by atoms with Gasteiger partial charge in [0.15, 0.2) is 0 Å². The number of nitrogens with one attached hydrogen (secondary N) is 3. The van der Waals surface area contributed by atoms with Gasteiger partial charge in [-0.25, -0.2) is 23.1 Å². The molecule has 2 aromatic rings. The van der Waals surface area contributed by atoms with Crippen molar-refractivity contribution in [2.45, 2.75) is 30.5 Å². The first kappa shape index (κ1) is 32.1. The van der Waals surface area contributed by atoms with Gasteiger partial charge in [0.2, 0.25) is 11.9 Å². The van der Waals surface area contributed by atoms with Crippen molar-refractivity contribution in [2.75, 3.05) is 11.3 Å². The van der Waals surface area contributed by atoms with Crippen molar-refractivity contribution < 1.29 is 45.5 Å². The van der Waals surface area contributed by atoms with E-state index in [0.29, 0.717) is 5.69 Å². The van der Waals surface area contributed by atoms with Crippen LogP contribution in [-0.2, 0) is 24.4 Å². The summed E-state index contributed by atoms with van der Waals surface area (Å²) in [4.78, 5) is 38.3. The summed E-state index contributed by atoms with van der Waals surface area (Å²) in [6.07, 6.45) is -5.15. The van der Waals surface area contributed by atoms with E-state index in [0.717, 1.165) is 22.8 Å². The van der Waals surface area contributed by atoms with Gasteiger partial charge < -0.3 is 16.6 Å². The summed E-state index contributed by atoms with van der Waals surface area (Å²) in [6, 6.07) is 4.23. The lowest BCUT2D eigenvalue weighted by molar-refractivity contribution is -0.192. The average molecular weight is 589 g/mol. The van der Waals surface area contributed by atoms with E-state index in [-0.39, 0.29) is 23.6 Å². The second-order valence-corrected chi connectivity index (χ2v) is 9.21. The molecule has 0 aliphatic heterocycles. The molecule has 38 heavy (non-hydrogen) atoms. The minimum atomic E-state index is -5.08. The molecule has 1 unspecified atom stereocenters. The van der Waals surface area contributed by atoms with Gasteiger partial charge in [-0.05, 0) is 37.3 Å². The van der Waals surface area contributed by atoms with Gasteiger partial charge in [-0.1, -0.05) is 11.6 Å². The molecule has 1 aromatic heterocycles. The lowest BCUT2D eigenvalue weighted by atomic mass is 10.1. The number of benzene rings is 1. The number of nitrogens with zero attached hydrogens (tertiary/aromatic N) is 1. The van der Waals surface area contributed by atoms with E-state index in [2.05, 4.69) is 10.2 Å². The molecule has 0 radical (unpaired) electrons. The van der Waals surface area contributed by atoms with E-state index in [1.807, 2.05) is 0 Å². The number of carbonyl (C=O) groups is 2. The number of carboxylic acid groups (broad SMARTS) is 1. The van der Waals surface area contributed by atoms with Crippen LogP contribution in [0.25, 0.3) is 0 Å². The minimum absolute atomic E-state index is 0.0693. The molecule has 1 aromatic carbocycles. The first-order chi connectivity index (χ1) is 17.4. The molecule has 0 bridgehead atoms. The molecular weight excluding hydrogens is 568 g/mol. The number of alkyl halides is 3. The molecule has 0 fully saturated rings. The molecular formula is C19H21ClF4N6O7S. The van der Waals surface area contributed by atoms with E-state index in [1.165, 1.54) is 19.1 Å². The van der Waals surface area contributed by atoms with Crippen LogP contribution >= 0.6 is 11.6 Å². The number of guanidine groups is 1. The summed E-state index contributed by atoms with van der Waals surface area (Å²) in [6.45, 7) is 1.40. The highest BCUT2D eigenvalue weighted by atomic mass is 35.5. The third kappa shape index (κ3) is 9.20. The summed E-state index contributed by atoms with van der Waals surface area (Å²) < 4.78 is 73.4. The maximum absolute atomic E-state index is 13.3. The molecule has 19 heteroatoms. The lowest BCUT2D eigenvalue weighted by Gasteiger charge is -2.20. The Labute approximate surface area is 216 Å². The fourth-order valence-electron chi connectivity index (χ4n) is 2.66. The number of carbonyl (C=O) groups excluding carboxylic acids is 1. The number of nitrogens with two attached hydrogens (primary N) is 2. The zero-order chi connectivity index (χ0) is 29.4. The molecule has 1 heterocycles. The predicted octanol–water partition coefficient (Wildman–Crippen LogP) is 1.21. The highest BCUT2D eigenvalue weighted by Crippen LogP contribution is 2.22. The number of halogens is 5. The van der Waals surface area contributed by atoms with Crippen LogP contribution in [0.5, 0.6) is 0 Å². The summed E-state index contributed by atoms with van der Waals surface area (Å²) >= 11 is 5.63. The SMILES string of the molecule is Cc1ccc(NS(=O)(=O)c2ccc(F)c(Cl)c2)c(=O)n1C(CCONC(=N)N)C(N)=O.O=C(O)C(F)(F)F. The van der Waals surface area contributed by atoms with Crippen LogP contribution in [0.1, 0.15) is 18.2 Å². The van der Waals surface area contributed by atoms with Crippen LogP contribution in [0.4, 0.5) is 23.2 Å². The number of hydrogen-bond acceptors (Lipinski definition) is 7. The van der Waals surface area contributed by atoms with E-state index in [4.69, 9.17) is 43.2 Å². The Bertz CT molecular complexity index is 1370. The third-order valence-electron chi connectivity index (χ3n) is 4.32. The molecule has 0 saturated heterocycles. The van der Waals surface area contributed by atoms with Crippen molar-refractivity contribution in [3.8, 4) is 0 Å². The van der Waals surface area contributed by atoms with Crippen LogP contribution in [-0.4, -0.2) is 48.7 Å². The molecule has 210 valence electrons. The zero-order valence-corrected chi connectivity index (χ0v) is 20.7. The molecule has 13 nitrogen and oxygen atoms in total. The van der Waals surface area contributed by atoms with Gasteiger partial charge in [-0.15, -0.1) is 0 Å². The maximum Gasteiger partial charge on any atom is 0.490 e. The second kappa shape index (κ2) is 13.1. The molecule has 1 amide bonds. The Morgan fingerprint density at radius 3 is 2.29 bits per heavy atom. The van der Waals surface area contributed by atoms with E-state index >= 15 is 0 Å². The van der Waals surface area contributed by atoms with Gasteiger partial charge in [-0.3, -0.25) is 29.1 Å². The summed E-state index contributed by atoms with van der Waals surface area (Å²) in [5.41, 5.74) is 11.7. The van der Waals surface area contributed by atoms with Crippen LogP contribution in [0, 0.1) is 18.2 Å². The Kier molecular flexibility index (Phi) is 11.0. The third-order valence-corrected chi connectivity index (χ3v) is 5.98. The van der Waals surface area contributed by atoms with Gasteiger partial charge >= 0.3 is 12.1 Å². The van der Waals surface area contributed by atoms with Gasteiger partial charge in [0.25, 0.3) is 15.6 Å². The Hall–Kier alpha value is -3.90. The minimum Gasteiger partial charge on any atom is -0.475 e. The average Bonchev–Trinajstić information content (AvgIpc) is 2.78. The van der Waals surface area contributed by atoms with E-state index in [1.54, 1.807) is 0 Å². The number of rotatable bonds is 9. The Balaban J connectivity index is 0.000000905. The summed E-state index contributed by atoms with van der Waals surface area (Å²) in [7, 11) is -4.28. The topological polar surface area (TPSA) is 220 Å². The van der Waals surface area contributed by atoms with Crippen molar-refractivity contribution in [3.05, 3.63) is 57.2 Å². The van der Waals surface area contributed by atoms with Crippen molar-refractivity contribution in [2.24, 2.45) is 11.5 Å². The van der Waals surface area contributed by atoms with E-state index in [9.17, 15) is 35.6 Å². The molecule has 0 spiro atoms. The fraction of sp³-hybridized carbons (Fsp3) is 0.263. The van der Waals surface area contributed by atoms with Gasteiger partial charge in [-0.2, -0.15) is 13.2 Å². The normalized spacial score (nSPS) is 12.1. The number of aryl methyl sites for hydroxylation is 1. The van der Waals surface area contributed by atoms with Gasteiger partial charge in [0.1, 0.15) is 17.5 Å². The van der Waals surface area contributed by atoms with Crippen LogP contribution in [0.15, 0.2) is 40.0 Å². The smallest absolute Gasteiger partial charge is 0.475 e. The molecule has 8 N–H and O–H groups in total. The number of anilines is 1. The molecule has 2 rings (SSSR count). The van der Waals surface area contributed by atoms with Gasteiger partial charge in [0.05, 0.1) is 16.5 Å². The van der Waals surface area contributed by atoms with Gasteiger partial charge in [0, 0.05) is 12.1 Å². The second-order valence-electron chi connectivity index (χ2n) is 7.12. The number of carboxylic acids is 1.